The third kappa shape index (κ3) is 2.94. The normalized spacial score (nSPS) is 18.8. The fourth-order valence-corrected chi connectivity index (χ4v) is 2.92. The summed E-state index contributed by atoms with van der Waals surface area (Å²) in [5.41, 5.74) is 5.73. The molecule has 0 atom stereocenters. The van der Waals surface area contributed by atoms with Gasteiger partial charge in [0.25, 0.3) is 0 Å². The number of primary sulfonamides is 1. The molecule has 7 heteroatoms. The first-order valence-electron chi connectivity index (χ1n) is 6.40. The van der Waals surface area contributed by atoms with Crippen LogP contribution in [0.5, 0.6) is 0 Å². The molecule has 2 rings (SSSR count). The zero-order valence-electron chi connectivity index (χ0n) is 11.4. The zero-order valence-corrected chi connectivity index (χ0v) is 12.2. The molecular weight excluding hydrogens is 278 g/mol. The number of rotatable bonds is 3. The second-order valence-electron chi connectivity index (χ2n) is 5.45. The maximum atomic E-state index is 11.4. The second-order valence-corrected chi connectivity index (χ2v) is 7.02. The van der Waals surface area contributed by atoms with Crippen LogP contribution in [-0.2, 0) is 14.8 Å². The van der Waals surface area contributed by atoms with Crippen LogP contribution < -0.4 is 15.8 Å². The highest BCUT2D eigenvalue weighted by molar-refractivity contribution is 7.89. The maximum Gasteiger partial charge on any atom is 0.238 e. The van der Waals surface area contributed by atoms with Crippen molar-refractivity contribution in [3.05, 3.63) is 24.3 Å². The van der Waals surface area contributed by atoms with Crippen molar-refractivity contribution in [2.24, 2.45) is 16.3 Å². The molecule has 0 spiro atoms. The van der Waals surface area contributed by atoms with Crippen molar-refractivity contribution in [1.29, 1.82) is 0 Å². The number of hydrogen-bond acceptors (Lipinski definition) is 4. The highest BCUT2D eigenvalue weighted by atomic mass is 32.2. The van der Waals surface area contributed by atoms with Gasteiger partial charge in [-0.15, -0.1) is 0 Å². The lowest BCUT2D eigenvalue weighted by atomic mass is 9.79. The molecule has 0 unspecified atom stereocenters. The van der Waals surface area contributed by atoms with E-state index >= 15 is 0 Å². The lowest BCUT2D eigenvalue weighted by molar-refractivity contribution is -0.127. The Labute approximate surface area is 118 Å². The first kappa shape index (κ1) is 14.8. The number of anilines is 1. The Morgan fingerprint density at radius 3 is 2.40 bits per heavy atom. The van der Waals surface area contributed by atoms with Crippen LogP contribution in [0.3, 0.4) is 0 Å². The SMILES string of the molecule is CC1(C(N)=O)CCN(c2cccc(S(N)(=O)=O)c2)CC1. The van der Waals surface area contributed by atoms with Crippen molar-refractivity contribution in [3.8, 4) is 0 Å². The van der Waals surface area contributed by atoms with Crippen LogP contribution >= 0.6 is 0 Å². The van der Waals surface area contributed by atoms with Crippen molar-refractivity contribution >= 4 is 21.6 Å². The number of piperidine rings is 1. The lowest BCUT2D eigenvalue weighted by Gasteiger charge is -2.38. The molecule has 0 radical (unpaired) electrons. The Morgan fingerprint density at radius 1 is 1.30 bits per heavy atom. The van der Waals surface area contributed by atoms with Gasteiger partial charge in [0.1, 0.15) is 0 Å². The minimum Gasteiger partial charge on any atom is -0.371 e. The number of carbonyl (C=O) groups is 1. The summed E-state index contributed by atoms with van der Waals surface area (Å²) in [5.74, 6) is -0.282. The standard InChI is InChI=1S/C13H19N3O3S/c1-13(12(14)17)5-7-16(8-6-13)10-3-2-4-11(9-10)20(15,18)19/h2-4,9H,5-8H2,1H3,(H2,14,17)(H2,15,18,19). The summed E-state index contributed by atoms with van der Waals surface area (Å²) in [4.78, 5) is 13.5. The molecule has 6 nitrogen and oxygen atoms in total. The summed E-state index contributed by atoms with van der Waals surface area (Å²) in [5, 5.41) is 5.13. The average molecular weight is 297 g/mol. The fourth-order valence-electron chi connectivity index (χ4n) is 2.36. The Morgan fingerprint density at radius 2 is 1.90 bits per heavy atom. The van der Waals surface area contributed by atoms with Crippen molar-refractivity contribution < 1.29 is 13.2 Å². The Balaban J connectivity index is 2.18. The largest absolute Gasteiger partial charge is 0.371 e. The van der Waals surface area contributed by atoms with Gasteiger partial charge in [0.05, 0.1) is 4.90 Å². The van der Waals surface area contributed by atoms with Gasteiger partial charge in [0, 0.05) is 24.2 Å². The van der Waals surface area contributed by atoms with Crippen LogP contribution in [0.1, 0.15) is 19.8 Å². The molecule has 4 N–H and O–H groups in total. The smallest absolute Gasteiger partial charge is 0.238 e. The molecule has 1 heterocycles. The van der Waals surface area contributed by atoms with Gasteiger partial charge in [-0.1, -0.05) is 13.0 Å². The van der Waals surface area contributed by atoms with Crippen LogP contribution in [0, 0.1) is 5.41 Å². The topological polar surface area (TPSA) is 106 Å². The number of primary amides is 1. The number of hydrogen-bond donors (Lipinski definition) is 2. The van der Waals surface area contributed by atoms with Crippen LogP contribution in [0.25, 0.3) is 0 Å². The first-order chi connectivity index (χ1) is 9.22. The summed E-state index contributed by atoms with van der Waals surface area (Å²) in [7, 11) is -3.70. The molecule has 20 heavy (non-hydrogen) atoms. The van der Waals surface area contributed by atoms with Gasteiger partial charge in [0.15, 0.2) is 0 Å². The molecule has 1 fully saturated rings. The summed E-state index contributed by atoms with van der Waals surface area (Å²) in [6.07, 6.45) is 1.31. The summed E-state index contributed by atoms with van der Waals surface area (Å²) in [6, 6.07) is 6.52. The van der Waals surface area contributed by atoms with E-state index in [9.17, 15) is 13.2 Å². The van der Waals surface area contributed by atoms with Gasteiger partial charge in [0.2, 0.25) is 15.9 Å². The predicted molar refractivity (Wildman–Crippen MR) is 76.6 cm³/mol. The van der Waals surface area contributed by atoms with Gasteiger partial charge in [-0.05, 0) is 31.0 Å². The monoisotopic (exact) mass is 297 g/mol. The molecule has 1 amide bonds. The van der Waals surface area contributed by atoms with E-state index in [0.29, 0.717) is 25.9 Å². The molecule has 110 valence electrons. The molecule has 0 bridgehead atoms. The Hall–Kier alpha value is -1.60. The van der Waals surface area contributed by atoms with E-state index in [-0.39, 0.29) is 10.8 Å². The molecule has 1 aliphatic heterocycles. The van der Waals surface area contributed by atoms with Crippen molar-refractivity contribution in [2.45, 2.75) is 24.7 Å². The number of nitrogens with two attached hydrogens (primary N) is 2. The number of carbonyl (C=O) groups excluding carboxylic acids is 1. The quantitative estimate of drug-likeness (QED) is 0.843. The highest BCUT2D eigenvalue weighted by Crippen LogP contribution is 2.33. The second kappa shape index (κ2) is 5.06. The zero-order chi connectivity index (χ0) is 15.0. The third-order valence-corrected chi connectivity index (χ3v) is 4.88. The van der Waals surface area contributed by atoms with E-state index in [1.807, 2.05) is 17.9 Å². The molecule has 0 aliphatic carbocycles. The van der Waals surface area contributed by atoms with E-state index in [2.05, 4.69) is 0 Å². The molecule has 0 aromatic heterocycles. The van der Waals surface area contributed by atoms with Crippen molar-refractivity contribution in [1.82, 2.24) is 0 Å². The molecule has 0 saturated carbocycles. The van der Waals surface area contributed by atoms with Gasteiger partial charge >= 0.3 is 0 Å². The van der Waals surface area contributed by atoms with Gasteiger partial charge < -0.3 is 10.6 Å². The predicted octanol–water partition coefficient (Wildman–Crippen LogP) is 0.426. The van der Waals surface area contributed by atoms with Crippen molar-refractivity contribution in [2.75, 3.05) is 18.0 Å². The lowest BCUT2D eigenvalue weighted by Crippen LogP contribution is -2.45. The van der Waals surface area contributed by atoms with Crippen molar-refractivity contribution in [3.63, 3.8) is 0 Å². The minimum atomic E-state index is -3.70. The summed E-state index contributed by atoms with van der Waals surface area (Å²) in [6.45, 7) is 3.19. The molecular formula is C13H19N3O3S. The van der Waals surface area contributed by atoms with E-state index in [4.69, 9.17) is 10.9 Å². The third-order valence-electron chi connectivity index (χ3n) is 3.97. The van der Waals surface area contributed by atoms with E-state index in [0.717, 1.165) is 5.69 Å². The van der Waals surface area contributed by atoms with E-state index < -0.39 is 15.4 Å². The highest BCUT2D eigenvalue weighted by Gasteiger charge is 2.35. The Bertz CT molecular complexity index is 620. The number of amides is 1. The molecule has 1 aromatic rings. The average Bonchev–Trinajstić information content (AvgIpc) is 2.38. The first-order valence-corrected chi connectivity index (χ1v) is 7.95. The van der Waals surface area contributed by atoms with Gasteiger partial charge in [-0.2, -0.15) is 0 Å². The summed E-state index contributed by atoms with van der Waals surface area (Å²) >= 11 is 0. The van der Waals surface area contributed by atoms with Crippen LogP contribution in [0.4, 0.5) is 5.69 Å². The van der Waals surface area contributed by atoms with E-state index in [1.165, 1.54) is 6.07 Å². The van der Waals surface area contributed by atoms with Gasteiger partial charge in [-0.25, -0.2) is 13.6 Å². The molecule has 1 saturated heterocycles. The van der Waals surface area contributed by atoms with Crippen LogP contribution in [-0.4, -0.2) is 27.4 Å². The summed E-state index contributed by atoms with van der Waals surface area (Å²) < 4.78 is 22.7. The van der Waals surface area contributed by atoms with E-state index in [1.54, 1.807) is 12.1 Å². The minimum absolute atomic E-state index is 0.0956. The fraction of sp³-hybridized carbons (Fsp3) is 0.462. The van der Waals surface area contributed by atoms with Gasteiger partial charge in [-0.3, -0.25) is 4.79 Å². The number of sulfonamides is 1. The maximum absolute atomic E-state index is 11.4. The number of benzene rings is 1. The van der Waals surface area contributed by atoms with Crippen LogP contribution in [0.2, 0.25) is 0 Å². The number of nitrogens with zero attached hydrogens (tertiary/aromatic N) is 1. The Kier molecular flexibility index (Phi) is 3.75. The molecule has 1 aromatic carbocycles. The van der Waals surface area contributed by atoms with Crippen LogP contribution in [0.15, 0.2) is 29.2 Å². The molecule has 1 aliphatic rings.